The van der Waals surface area contributed by atoms with Crippen molar-refractivity contribution in [3.8, 4) is 0 Å². The summed E-state index contributed by atoms with van der Waals surface area (Å²) in [5.74, 6) is 0. The second-order valence-corrected chi connectivity index (χ2v) is 9.37. The summed E-state index contributed by atoms with van der Waals surface area (Å²) in [6.45, 7) is 2.84. The molecule has 0 aliphatic carbocycles. The quantitative estimate of drug-likeness (QED) is 0.518. The SMILES string of the molecule is CCCn1c(=O)sc2cc(S(=O)(=O)NCc3cccc4ccccc34)ccc21. The minimum absolute atomic E-state index is 0.0601. The number of rotatable bonds is 6. The standard InChI is InChI=1S/C21H20N2O3S2/c1-2-12-23-19-11-10-17(13-20(19)27-21(23)24)28(25,26)22-14-16-8-5-7-15-6-3-4-9-18(15)16/h3-11,13,22H,2,12,14H2,1H3. The summed E-state index contributed by atoms with van der Waals surface area (Å²) in [5.41, 5.74) is 1.70. The van der Waals surface area contributed by atoms with E-state index >= 15 is 0 Å². The zero-order chi connectivity index (χ0) is 19.7. The van der Waals surface area contributed by atoms with Gasteiger partial charge in [0, 0.05) is 13.1 Å². The van der Waals surface area contributed by atoms with Crippen molar-refractivity contribution >= 4 is 42.3 Å². The first-order valence-corrected chi connectivity index (χ1v) is 11.4. The first kappa shape index (κ1) is 18.9. The molecule has 7 heteroatoms. The number of hydrogen-bond acceptors (Lipinski definition) is 4. The molecule has 0 saturated heterocycles. The Bertz CT molecular complexity index is 1320. The van der Waals surface area contributed by atoms with E-state index in [9.17, 15) is 13.2 Å². The van der Waals surface area contributed by atoms with Gasteiger partial charge >= 0.3 is 4.87 Å². The maximum atomic E-state index is 12.8. The molecule has 0 fully saturated rings. The van der Waals surface area contributed by atoms with E-state index in [0.717, 1.165) is 39.6 Å². The van der Waals surface area contributed by atoms with Crippen LogP contribution < -0.4 is 9.60 Å². The van der Waals surface area contributed by atoms with Crippen LogP contribution in [-0.4, -0.2) is 13.0 Å². The highest BCUT2D eigenvalue weighted by molar-refractivity contribution is 7.89. The number of sulfonamides is 1. The molecule has 0 saturated carbocycles. The predicted molar refractivity (Wildman–Crippen MR) is 114 cm³/mol. The van der Waals surface area contributed by atoms with Crippen LogP contribution in [0.25, 0.3) is 21.0 Å². The molecule has 0 unspecified atom stereocenters. The summed E-state index contributed by atoms with van der Waals surface area (Å²) in [7, 11) is -3.69. The van der Waals surface area contributed by atoms with Crippen LogP contribution in [0.4, 0.5) is 0 Å². The van der Waals surface area contributed by atoms with Gasteiger partial charge in [-0.25, -0.2) is 13.1 Å². The van der Waals surface area contributed by atoms with Crippen molar-refractivity contribution in [2.75, 3.05) is 0 Å². The minimum Gasteiger partial charge on any atom is -0.299 e. The van der Waals surface area contributed by atoms with Gasteiger partial charge in [0.1, 0.15) is 0 Å². The molecule has 1 aromatic heterocycles. The fourth-order valence-corrected chi connectivity index (χ4v) is 5.42. The fourth-order valence-electron chi connectivity index (χ4n) is 3.35. The Kier molecular flexibility index (Phi) is 5.05. The van der Waals surface area contributed by atoms with E-state index in [1.165, 1.54) is 0 Å². The second-order valence-electron chi connectivity index (χ2n) is 6.61. The van der Waals surface area contributed by atoms with E-state index in [4.69, 9.17) is 0 Å². The number of aromatic nitrogens is 1. The van der Waals surface area contributed by atoms with E-state index in [0.29, 0.717) is 11.2 Å². The van der Waals surface area contributed by atoms with Crippen molar-refractivity contribution in [1.82, 2.24) is 9.29 Å². The first-order chi connectivity index (χ1) is 13.5. The summed E-state index contributed by atoms with van der Waals surface area (Å²) in [4.78, 5) is 12.3. The third kappa shape index (κ3) is 3.48. The van der Waals surface area contributed by atoms with Gasteiger partial charge in [-0.05, 0) is 41.0 Å². The maximum absolute atomic E-state index is 12.8. The third-order valence-electron chi connectivity index (χ3n) is 4.73. The molecular weight excluding hydrogens is 392 g/mol. The monoisotopic (exact) mass is 412 g/mol. The average molecular weight is 413 g/mol. The van der Waals surface area contributed by atoms with Crippen molar-refractivity contribution in [2.45, 2.75) is 31.3 Å². The van der Waals surface area contributed by atoms with E-state index in [1.54, 1.807) is 22.8 Å². The number of aryl methyl sites for hydroxylation is 1. The number of nitrogens with one attached hydrogen (secondary N) is 1. The van der Waals surface area contributed by atoms with Gasteiger partial charge in [0.25, 0.3) is 0 Å². The lowest BCUT2D eigenvalue weighted by Crippen LogP contribution is -2.23. The molecular formula is C21H20N2O3S2. The minimum atomic E-state index is -3.69. The lowest BCUT2D eigenvalue weighted by Gasteiger charge is -2.10. The lowest BCUT2D eigenvalue weighted by atomic mass is 10.1. The Morgan fingerprint density at radius 1 is 1.04 bits per heavy atom. The molecule has 5 nitrogen and oxygen atoms in total. The molecule has 1 heterocycles. The Morgan fingerprint density at radius 2 is 1.82 bits per heavy atom. The molecule has 144 valence electrons. The lowest BCUT2D eigenvalue weighted by molar-refractivity contribution is 0.581. The second kappa shape index (κ2) is 7.50. The Morgan fingerprint density at radius 3 is 2.64 bits per heavy atom. The summed E-state index contributed by atoms with van der Waals surface area (Å²) < 4.78 is 30.7. The molecule has 0 aliphatic rings. The Labute approximate surface area is 167 Å². The predicted octanol–water partition coefficient (Wildman–Crippen LogP) is 4.10. The zero-order valence-electron chi connectivity index (χ0n) is 15.4. The maximum Gasteiger partial charge on any atom is 0.308 e. The molecule has 4 rings (SSSR count). The van der Waals surface area contributed by atoms with Crippen LogP contribution in [0, 0.1) is 0 Å². The molecule has 0 radical (unpaired) electrons. The molecule has 0 atom stereocenters. The molecule has 0 amide bonds. The van der Waals surface area contributed by atoms with Crippen LogP contribution in [0.5, 0.6) is 0 Å². The topological polar surface area (TPSA) is 68.2 Å². The Hall–Kier alpha value is -2.48. The molecule has 0 bridgehead atoms. The number of nitrogens with zero attached hydrogens (tertiary/aromatic N) is 1. The van der Waals surface area contributed by atoms with E-state index in [1.807, 2.05) is 49.4 Å². The van der Waals surface area contributed by atoms with Gasteiger partial charge in [0.2, 0.25) is 10.0 Å². The smallest absolute Gasteiger partial charge is 0.299 e. The largest absolute Gasteiger partial charge is 0.308 e. The Balaban J connectivity index is 1.64. The van der Waals surface area contributed by atoms with Crippen LogP contribution in [0.1, 0.15) is 18.9 Å². The summed E-state index contributed by atoms with van der Waals surface area (Å²) in [5, 5.41) is 2.10. The van der Waals surface area contributed by atoms with E-state index < -0.39 is 10.0 Å². The van der Waals surface area contributed by atoms with Crippen LogP contribution in [-0.2, 0) is 23.1 Å². The number of fused-ring (bicyclic) bond motifs is 2. The van der Waals surface area contributed by atoms with Crippen LogP contribution in [0.15, 0.2) is 70.4 Å². The fraction of sp³-hybridized carbons (Fsp3) is 0.190. The van der Waals surface area contributed by atoms with Crippen molar-refractivity contribution in [3.63, 3.8) is 0 Å². The summed E-state index contributed by atoms with van der Waals surface area (Å²) in [6.07, 6.45) is 0.846. The van der Waals surface area contributed by atoms with Gasteiger partial charge in [-0.3, -0.25) is 9.36 Å². The van der Waals surface area contributed by atoms with E-state index in [-0.39, 0.29) is 16.3 Å². The van der Waals surface area contributed by atoms with E-state index in [2.05, 4.69) is 4.72 Å². The normalized spacial score (nSPS) is 12.0. The first-order valence-electron chi connectivity index (χ1n) is 9.09. The van der Waals surface area contributed by atoms with Gasteiger partial charge in [-0.1, -0.05) is 60.7 Å². The molecule has 3 aromatic carbocycles. The van der Waals surface area contributed by atoms with Crippen molar-refractivity contribution in [1.29, 1.82) is 0 Å². The van der Waals surface area contributed by atoms with Crippen LogP contribution in [0.3, 0.4) is 0 Å². The van der Waals surface area contributed by atoms with Gasteiger partial charge in [0.05, 0.1) is 15.1 Å². The molecule has 1 N–H and O–H groups in total. The molecule has 28 heavy (non-hydrogen) atoms. The highest BCUT2D eigenvalue weighted by Crippen LogP contribution is 2.23. The van der Waals surface area contributed by atoms with Gasteiger partial charge in [0.15, 0.2) is 0 Å². The molecule has 0 aliphatic heterocycles. The molecule has 4 aromatic rings. The van der Waals surface area contributed by atoms with Crippen LogP contribution >= 0.6 is 11.3 Å². The van der Waals surface area contributed by atoms with Crippen molar-refractivity contribution in [2.24, 2.45) is 0 Å². The summed E-state index contributed by atoms with van der Waals surface area (Å²) >= 11 is 1.08. The van der Waals surface area contributed by atoms with Crippen LogP contribution in [0.2, 0.25) is 0 Å². The number of benzene rings is 3. The number of thiazole rings is 1. The average Bonchev–Trinajstić information content (AvgIpc) is 3.01. The number of hydrogen-bond donors (Lipinski definition) is 1. The highest BCUT2D eigenvalue weighted by atomic mass is 32.2. The van der Waals surface area contributed by atoms with Gasteiger partial charge < -0.3 is 0 Å². The molecule has 0 spiro atoms. The van der Waals surface area contributed by atoms with Gasteiger partial charge in [-0.2, -0.15) is 0 Å². The van der Waals surface area contributed by atoms with Gasteiger partial charge in [-0.15, -0.1) is 0 Å². The third-order valence-corrected chi connectivity index (χ3v) is 7.07. The summed E-state index contributed by atoms with van der Waals surface area (Å²) in [6, 6.07) is 18.6. The zero-order valence-corrected chi connectivity index (χ0v) is 17.0. The van der Waals surface area contributed by atoms with Crippen molar-refractivity contribution < 1.29 is 8.42 Å². The van der Waals surface area contributed by atoms with Crippen molar-refractivity contribution in [3.05, 3.63) is 75.9 Å². The highest BCUT2D eigenvalue weighted by Gasteiger charge is 2.17.